The van der Waals surface area contributed by atoms with Gasteiger partial charge in [0.2, 0.25) is 0 Å². The van der Waals surface area contributed by atoms with Gasteiger partial charge in [0.15, 0.2) is 5.95 Å². The fourth-order valence-electron chi connectivity index (χ4n) is 3.77. The Bertz CT molecular complexity index is 1610. The number of amides is 1. The van der Waals surface area contributed by atoms with Crippen molar-refractivity contribution in [3.05, 3.63) is 94.2 Å². The average molecular weight is 538 g/mol. The molecule has 3 heterocycles. The van der Waals surface area contributed by atoms with Crippen LogP contribution in [0.1, 0.15) is 15.9 Å². The van der Waals surface area contributed by atoms with E-state index in [9.17, 15) is 26.4 Å². The van der Waals surface area contributed by atoms with Gasteiger partial charge in [-0.25, -0.2) is 22.2 Å². The Morgan fingerprint density at radius 1 is 0.972 bits per heavy atom. The number of fused-ring (bicyclic) bond motifs is 1. The van der Waals surface area contributed by atoms with Gasteiger partial charge in [0, 0.05) is 46.7 Å². The van der Waals surface area contributed by atoms with Crippen LogP contribution in [-0.4, -0.2) is 31.3 Å². The smallest absolute Gasteiger partial charge is 0.569 e. The number of sulfonamides is 1. The molecule has 0 N–H and O–H groups in total. The fraction of sp³-hybridized carbons (Fsp3) is 0.0833. The van der Waals surface area contributed by atoms with Crippen LogP contribution in [0.15, 0.2) is 65.7 Å². The Hall–Kier alpha value is -2.70. The zero-order chi connectivity index (χ0) is 24.9. The summed E-state index contributed by atoms with van der Waals surface area (Å²) in [5.74, 6) is -3.46. The summed E-state index contributed by atoms with van der Waals surface area (Å²) in [5.41, 5.74) is 2.30. The van der Waals surface area contributed by atoms with Crippen molar-refractivity contribution in [2.24, 2.45) is 0 Å². The molecule has 12 heteroatoms. The van der Waals surface area contributed by atoms with Crippen LogP contribution in [0.4, 0.5) is 18.9 Å². The SMILES string of the molecule is CN1Cc2cc(-c3ccc(-c4cnc(F)c([N-]S(=O)(=O)c5ccc(F)cc5F)c4)s3)ccc2C1=O.[Na+]. The van der Waals surface area contributed by atoms with Gasteiger partial charge in [-0.15, -0.1) is 11.3 Å². The van der Waals surface area contributed by atoms with E-state index in [1.54, 1.807) is 24.1 Å². The number of halogens is 3. The van der Waals surface area contributed by atoms with Crippen molar-refractivity contribution in [1.82, 2.24) is 9.88 Å². The Kier molecular flexibility index (Phi) is 7.31. The normalized spacial score (nSPS) is 12.9. The molecule has 0 unspecified atom stereocenters. The topological polar surface area (TPSA) is 81.4 Å². The third-order valence-electron chi connectivity index (χ3n) is 5.48. The maximum absolute atomic E-state index is 14.3. The third kappa shape index (κ3) is 4.94. The zero-order valence-corrected chi connectivity index (χ0v) is 22.6. The summed E-state index contributed by atoms with van der Waals surface area (Å²) in [4.78, 5) is 18.0. The number of thiophene rings is 1. The van der Waals surface area contributed by atoms with Crippen LogP contribution < -0.4 is 29.6 Å². The fourth-order valence-corrected chi connectivity index (χ4v) is 5.78. The van der Waals surface area contributed by atoms with Crippen LogP contribution in [0.3, 0.4) is 0 Å². The molecule has 1 amide bonds. The largest absolute Gasteiger partial charge is 1.00 e. The minimum Gasteiger partial charge on any atom is -0.569 e. The van der Waals surface area contributed by atoms with Crippen LogP contribution in [0, 0.1) is 17.6 Å². The van der Waals surface area contributed by atoms with Gasteiger partial charge in [-0.3, -0.25) is 4.79 Å². The molecule has 1 aliphatic heterocycles. The number of carbonyl (C=O) groups excluding carboxylic acids is 1. The van der Waals surface area contributed by atoms with Crippen molar-refractivity contribution < 1.29 is 55.9 Å². The molecule has 178 valence electrons. The van der Waals surface area contributed by atoms with Crippen molar-refractivity contribution >= 4 is 33.0 Å². The van der Waals surface area contributed by atoms with E-state index in [4.69, 9.17) is 0 Å². The molecule has 36 heavy (non-hydrogen) atoms. The van der Waals surface area contributed by atoms with E-state index in [1.165, 1.54) is 23.6 Å². The number of pyridine rings is 1. The molecule has 2 aromatic heterocycles. The Morgan fingerprint density at radius 2 is 1.69 bits per heavy atom. The van der Waals surface area contributed by atoms with E-state index in [2.05, 4.69) is 9.71 Å². The first-order valence-electron chi connectivity index (χ1n) is 10.2. The van der Waals surface area contributed by atoms with Crippen LogP contribution in [-0.2, 0) is 16.6 Å². The minimum atomic E-state index is -4.66. The molecule has 0 aliphatic carbocycles. The predicted molar refractivity (Wildman–Crippen MR) is 125 cm³/mol. The maximum atomic E-state index is 14.3. The van der Waals surface area contributed by atoms with Gasteiger partial charge in [-0.2, -0.15) is 4.39 Å². The van der Waals surface area contributed by atoms with Gasteiger partial charge < -0.3 is 9.62 Å². The molecule has 0 radical (unpaired) electrons. The van der Waals surface area contributed by atoms with Crippen molar-refractivity contribution in [2.45, 2.75) is 11.4 Å². The van der Waals surface area contributed by atoms with Gasteiger partial charge in [-0.1, -0.05) is 17.8 Å². The summed E-state index contributed by atoms with van der Waals surface area (Å²) in [5, 5.41) is 0. The van der Waals surface area contributed by atoms with Crippen LogP contribution in [0.25, 0.3) is 25.6 Å². The average Bonchev–Trinajstić information content (AvgIpc) is 3.40. The standard InChI is InChI=1S/C24H15F3N3O3S2.Na/c1-30-12-15-8-13(2-4-17(15)24(30)31)20-5-6-21(34-20)14-9-19(23(27)28-11-14)29-35(32,33)22-7-3-16(25)10-18(22)26;/h2-11H,12H2,1H3;/q-1;+1. The van der Waals surface area contributed by atoms with Crippen LogP contribution in [0.5, 0.6) is 0 Å². The van der Waals surface area contributed by atoms with E-state index in [1.807, 2.05) is 18.2 Å². The second-order valence-corrected chi connectivity index (χ2v) is 10.5. The van der Waals surface area contributed by atoms with E-state index >= 15 is 0 Å². The first kappa shape index (κ1) is 26.4. The summed E-state index contributed by atoms with van der Waals surface area (Å²) >= 11 is 1.37. The molecule has 0 bridgehead atoms. The Balaban J connectivity index is 0.00000304. The molecule has 0 saturated heterocycles. The summed E-state index contributed by atoms with van der Waals surface area (Å²) in [6.45, 7) is 0.524. The molecule has 0 fully saturated rings. The van der Waals surface area contributed by atoms with E-state index in [-0.39, 0.29) is 35.5 Å². The van der Waals surface area contributed by atoms with Gasteiger partial charge in [0.05, 0.1) is 4.90 Å². The van der Waals surface area contributed by atoms with E-state index in [0.717, 1.165) is 28.1 Å². The second kappa shape index (κ2) is 9.98. The molecule has 0 saturated carbocycles. The maximum Gasteiger partial charge on any atom is 1.00 e. The summed E-state index contributed by atoms with van der Waals surface area (Å²) < 4.78 is 69.8. The second-order valence-electron chi connectivity index (χ2n) is 7.87. The number of carbonyl (C=O) groups is 1. The zero-order valence-electron chi connectivity index (χ0n) is 19.0. The van der Waals surface area contributed by atoms with Crippen LogP contribution >= 0.6 is 11.3 Å². The van der Waals surface area contributed by atoms with Gasteiger partial charge in [0.25, 0.3) is 5.91 Å². The number of rotatable bonds is 5. The molecule has 4 aromatic rings. The molecule has 5 rings (SSSR count). The minimum absolute atomic E-state index is 0. The molecule has 0 spiro atoms. The van der Waals surface area contributed by atoms with Crippen molar-refractivity contribution in [1.29, 1.82) is 0 Å². The summed E-state index contributed by atoms with van der Waals surface area (Å²) in [6, 6.07) is 12.3. The molecule has 2 aromatic carbocycles. The number of hydrogen-bond acceptors (Lipinski definition) is 5. The first-order valence-corrected chi connectivity index (χ1v) is 12.5. The Labute approximate surface area is 231 Å². The monoisotopic (exact) mass is 537 g/mol. The van der Waals surface area contributed by atoms with Gasteiger partial charge in [0.1, 0.15) is 21.7 Å². The number of hydrogen-bond donors (Lipinski definition) is 0. The van der Waals surface area contributed by atoms with Crippen molar-refractivity contribution in [2.75, 3.05) is 7.05 Å². The molecule has 1 aliphatic rings. The van der Waals surface area contributed by atoms with E-state index in [0.29, 0.717) is 28.6 Å². The molecule has 0 atom stereocenters. The first-order chi connectivity index (χ1) is 16.6. The number of aromatic nitrogens is 1. The molecular formula is C24H15F3N3NaO3S2. The molecular weight excluding hydrogens is 522 g/mol. The quantitative estimate of drug-likeness (QED) is 0.290. The summed E-state index contributed by atoms with van der Waals surface area (Å²) in [7, 11) is -2.92. The molecule has 6 nitrogen and oxygen atoms in total. The van der Waals surface area contributed by atoms with Gasteiger partial charge >= 0.3 is 29.6 Å². The predicted octanol–water partition coefficient (Wildman–Crippen LogP) is 2.88. The summed E-state index contributed by atoms with van der Waals surface area (Å²) in [6.07, 6.45) is 1.24. The van der Waals surface area contributed by atoms with Crippen molar-refractivity contribution in [3.63, 3.8) is 0 Å². The van der Waals surface area contributed by atoms with Crippen molar-refractivity contribution in [3.8, 4) is 20.9 Å². The number of nitrogens with zero attached hydrogens (tertiary/aromatic N) is 3. The van der Waals surface area contributed by atoms with Gasteiger partial charge in [-0.05, 0) is 47.5 Å². The third-order valence-corrected chi connectivity index (χ3v) is 7.98. The number of benzene rings is 2. The van der Waals surface area contributed by atoms with Crippen LogP contribution in [0.2, 0.25) is 0 Å². The van der Waals surface area contributed by atoms with E-state index < -0.39 is 38.2 Å². The Morgan fingerprint density at radius 3 is 2.42 bits per heavy atom.